The third-order valence-corrected chi connectivity index (χ3v) is 11.5. The molecular weight excluding hydrogens is 656 g/mol. The number of methoxy groups -OCH3 is 1. The lowest BCUT2D eigenvalue weighted by molar-refractivity contribution is 0.0776. The minimum atomic E-state index is -0.608. The lowest BCUT2D eigenvalue weighted by atomic mass is 9.92. The summed E-state index contributed by atoms with van der Waals surface area (Å²) in [6, 6.07) is 16.6. The van der Waals surface area contributed by atoms with E-state index in [0.717, 1.165) is 63.5 Å². The highest BCUT2D eigenvalue weighted by molar-refractivity contribution is 7.23. The van der Waals surface area contributed by atoms with Crippen molar-refractivity contribution in [2.24, 2.45) is 7.05 Å². The number of amides is 1. The van der Waals surface area contributed by atoms with Gasteiger partial charge < -0.3 is 15.0 Å². The predicted molar refractivity (Wildman–Crippen MR) is 188 cm³/mol. The highest BCUT2D eigenvalue weighted by atomic mass is 32.1. The number of benzene rings is 2. The summed E-state index contributed by atoms with van der Waals surface area (Å²) in [5.74, 6) is 1.01. The summed E-state index contributed by atoms with van der Waals surface area (Å²) in [7, 11) is 3.32. The number of halogens is 1. The molecule has 1 saturated heterocycles. The molecule has 2 atom stereocenters. The molecule has 6 heterocycles. The molecule has 252 valence electrons. The van der Waals surface area contributed by atoms with Gasteiger partial charge in [-0.05, 0) is 90.9 Å². The van der Waals surface area contributed by atoms with Crippen molar-refractivity contribution >= 4 is 33.1 Å². The lowest BCUT2D eigenvalue weighted by Gasteiger charge is -2.17. The second-order valence-corrected chi connectivity index (χ2v) is 14.2. The maximum absolute atomic E-state index is 14.3. The van der Waals surface area contributed by atoms with Gasteiger partial charge in [0.2, 0.25) is 0 Å². The molecule has 1 aliphatic carbocycles. The van der Waals surface area contributed by atoms with Crippen molar-refractivity contribution in [3.63, 3.8) is 0 Å². The summed E-state index contributed by atoms with van der Waals surface area (Å²) in [5, 5.41) is 8.93. The Morgan fingerprint density at radius 2 is 1.92 bits per heavy atom. The number of hydrogen-bond acceptors (Lipinski definition) is 9. The molecule has 0 unspecified atom stereocenters. The van der Waals surface area contributed by atoms with E-state index in [4.69, 9.17) is 19.2 Å². The van der Waals surface area contributed by atoms with E-state index in [9.17, 15) is 14.0 Å². The van der Waals surface area contributed by atoms with Crippen molar-refractivity contribution in [2.45, 2.75) is 50.6 Å². The molecule has 1 amide bonds. The van der Waals surface area contributed by atoms with Crippen LogP contribution in [0.5, 0.6) is 5.75 Å². The van der Waals surface area contributed by atoms with Gasteiger partial charge in [0.15, 0.2) is 5.82 Å². The summed E-state index contributed by atoms with van der Waals surface area (Å²) < 4.78 is 26.9. The van der Waals surface area contributed by atoms with E-state index in [-0.39, 0.29) is 23.8 Å². The number of pyridine rings is 2. The van der Waals surface area contributed by atoms with Gasteiger partial charge in [0, 0.05) is 30.2 Å². The molecular formula is C38H33FN6O4S. The normalized spacial score (nSPS) is 17.7. The summed E-state index contributed by atoms with van der Waals surface area (Å²) in [6.07, 6.45) is 6.43. The molecule has 2 aromatic carbocycles. The van der Waals surface area contributed by atoms with E-state index >= 15 is 0 Å². The summed E-state index contributed by atoms with van der Waals surface area (Å²) in [4.78, 5) is 39.7. The number of nitrogens with zero attached hydrogens (tertiary/aromatic N) is 5. The van der Waals surface area contributed by atoms with Crippen LogP contribution in [0.3, 0.4) is 0 Å². The molecule has 6 aromatic rings. The van der Waals surface area contributed by atoms with Crippen LogP contribution < -0.4 is 15.8 Å². The van der Waals surface area contributed by atoms with Crippen molar-refractivity contribution < 1.29 is 18.4 Å². The predicted octanol–water partition coefficient (Wildman–Crippen LogP) is 7.04. The first-order chi connectivity index (χ1) is 24.4. The number of rotatable bonds is 8. The lowest BCUT2D eigenvalue weighted by Crippen LogP contribution is -2.23. The second-order valence-electron chi connectivity index (χ2n) is 13.1. The second kappa shape index (κ2) is 11.9. The Labute approximate surface area is 290 Å². The molecule has 1 N–H and O–H groups in total. The van der Waals surface area contributed by atoms with Gasteiger partial charge in [0.25, 0.3) is 5.91 Å². The van der Waals surface area contributed by atoms with E-state index in [1.54, 1.807) is 43.8 Å². The number of anilines is 1. The van der Waals surface area contributed by atoms with Crippen LogP contribution in [0.1, 0.15) is 69.8 Å². The molecule has 0 radical (unpaired) electrons. The van der Waals surface area contributed by atoms with Gasteiger partial charge in [-0.15, -0.1) is 11.3 Å². The Kier molecular flexibility index (Phi) is 7.30. The topological polar surface area (TPSA) is 115 Å². The van der Waals surface area contributed by atoms with Crippen LogP contribution in [0.4, 0.5) is 10.2 Å². The van der Waals surface area contributed by atoms with Crippen molar-refractivity contribution in [1.29, 1.82) is 0 Å². The molecule has 9 rings (SSSR count). The minimum absolute atomic E-state index is 0.0599. The Hall–Kier alpha value is -5.36. The molecule has 4 aromatic heterocycles. The van der Waals surface area contributed by atoms with Gasteiger partial charge in [-0.2, -0.15) is 0 Å². The number of carbonyl (C=O) groups is 1. The van der Waals surface area contributed by atoms with Crippen LogP contribution in [0.15, 0.2) is 70.1 Å². The van der Waals surface area contributed by atoms with Crippen LogP contribution in [0, 0.1) is 5.82 Å². The number of fused-ring (bicyclic) bond motifs is 5. The zero-order valence-electron chi connectivity index (χ0n) is 27.5. The summed E-state index contributed by atoms with van der Waals surface area (Å²) in [6.45, 7) is 0.667. The average Bonchev–Trinajstić information content (AvgIpc) is 3.96. The minimum Gasteiger partial charge on any atom is -0.496 e. The van der Waals surface area contributed by atoms with Crippen LogP contribution in [0.2, 0.25) is 0 Å². The number of ether oxygens (including phenoxy) is 1. The van der Waals surface area contributed by atoms with Gasteiger partial charge >= 0.3 is 5.76 Å². The van der Waals surface area contributed by atoms with Gasteiger partial charge in [-0.25, -0.2) is 14.2 Å². The van der Waals surface area contributed by atoms with Crippen molar-refractivity contribution in [1.82, 2.24) is 24.6 Å². The molecule has 0 spiro atoms. The third-order valence-electron chi connectivity index (χ3n) is 10.4. The number of aryl methyl sites for hydroxylation is 2. The van der Waals surface area contributed by atoms with Crippen LogP contribution in [-0.2, 0) is 26.3 Å². The number of carbonyl (C=O) groups excluding carboxylic acids is 1. The fraction of sp³-hybridized carbons (Fsp3) is 0.289. The van der Waals surface area contributed by atoms with E-state index in [2.05, 4.69) is 22.6 Å². The van der Waals surface area contributed by atoms with E-state index < -0.39 is 5.76 Å². The van der Waals surface area contributed by atoms with E-state index in [0.29, 0.717) is 47.6 Å². The van der Waals surface area contributed by atoms with Gasteiger partial charge in [-0.3, -0.25) is 18.9 Å². The maximum atomic E-state index is 14.3. The molecule has 50 heavy (non-hydrogen) atoms. The first-order valence-corrected chi connectivity index (χ1v) is 17.7. The zero-order chi connectivity index (χ0) is 34.1. The monoisotopic (exact) mass is 688 g/mol. The van der Waals surface area contributed by atoms with Crippen LogP contribution >= 0.6 is 11.3 Å². The van der Waals surface area contributed by atoms with Gasteiger partial charge in [-0.1, -0.05) is 29.4 Å². The summed E-state index contributed by atoms with van der Waals surface area (Å²) >= 11 is 1.56. The average molecular weight is 689 g/mol. The molecule has 2 aliphatic heterocycles. The smallest absolute Gasteiger partial charge is 0.441 e. The first kappa shape index (κ1) is 30.7. The molecule has 3 aliphatic rings. The maximum Gasteiger partial charge on any atom is 0.441 e. The van der Waals surface area contributed by atoms with Crippen LogP contribution in [-0.4, -0.2) is 44.2 Å². The molecule has 0 bridgehead atoms. The Balaban J connectivity index is 1.22. The molecule has 1 fully saturated rings. The van der Waals surface area contributed by atoms with E-state index in [1.807, 2.05) is 23.1 Å². The largest absolute Gasteiger partial charge is 0.496 e. The molecule has 10 nitrogen and oxygen atoms in total. The fourth-order valence-electron chi connectivity index (χ4n) is 7.95. The number of aromatic nitrogens is 4. The van der Waals surface area contributed by atoms with Crippen molar-refractivity contribution in [2.75, 3.05) is 19.0 Å². The van der Waals surface area contributed by atoms with Gasteiger partial charge in [0.1, 0.15) is 17.4 Å². The zero-order valence-corrected chi connectivity index (χ0v) is 28.3. The van der Waals surface area contributed by atoms with Gasteiger partial charge in [0.05, 0.1) is 46.4 Å². The number of hydrogen-bond donors (Lipinski definition) is 1. The van der Waals surface area contributed by atoms with Crippen molar-refractivity contribution in [3.8, 4) is 27.6 Å². The van der Waals surface area contributed by atoms with Crippen LogP contribution in [0.25, 0.3) is 31.9 Å². The number of nitrogens with one attached hydrogen (secondary N) is 1. The highest BCUT2D eigenvalue weighted by Gasteiger charge is 2.45. The first-order valence-electron chi connectivity index (χ1n) is 16.9. The Morgan fingerprint density at radius 3 is 2.72 bits per heavy atom. The standard InChI is InChI=1S/C38H33FN6O4S/c1-44-36(43-49-38(44)47)30-26(14-10-20-8-11-22(39)12-9-20)41-33-27-6-4-18-45(27)37(46)32(33)31(30)29-19-21-16-17-40-35(34(21)50-29)42-25-15-13-24-23(25)5-3-7-28(24)48-2/h3,5,7-9,11-12,16-17,19,25,27H,4,6,10,13-15,18H2,1-2H3,(H,40,42)/t25-,27+/m0/s1. The third kappa shape index (κ3) is 4.84. The van der Waals surface area contributed by atoms with Crippen molar-refractivity contribution in [3.05, 3.63) is 111 Å². The number of thiophene rings is 1. The quantitative estimate of drug-likeness (QED) is 0.181. The summed E-state index contributed by atoms with van der Waals surface area (Å²) in [5.41, 5.74) is 6.69. The Morgan fingerprint density at radius 1 is 1.06 bits per heavy atom. The molecule has 12 heteroatoms. The fourth-order valence-corrected chi connectivity index (χ4v) is 9.12. The SMILES string of the molecule is COc1cccc2c1CC[C@@H]2Nc1nccc2cc(-c3c4c(nc(CCc5ccc(F)cc5)c3-c3noc(=O)n3C)[C@H]3CCCN3C4=O)sc12. The van der Waals surface area contributed by atoms with E-state index in [1.165, 1.54) is 27.8 Å². The Bertz CT molecular complexity index is 2380. The highest BCUT2D eigenvalue weighted by Crippen LogP contribution is 2.50. The molecule has 0 saturated carbocycles.